The zero-order chi connectivity index (χ0) is 17.1. The van der Waals surface area contributed by atoms with Gasteiger partial charge < -0.3 is 9.15 Å². The third-order valence-corrected chi connectivity index (χ3v) is 3.80. The highest BCUT2D eigenvalue weighted by Crippen LogP contribution is 2.23. The van der Waals surface area contributed by atoms with Crippen LogP contribution in [0, 0.1) is 0 Å². The lowest BCUT2D eigenvalue weighted by atomic mass is 10.2. The molecule has 1 N–H and O–H groups in total. The Morgan fingerprint density at radius 3 is 2.67 bits per heavy atom. The van der Waals surface area contributed by atoms with Crippen LogP contribution in [0.15, 0.2) is 47.1 Å². The number of nitrogens with one attached hydrogen (secondary N) is 1. The Bertz CT molecular complexity index is 752. The third-order valence-electron chi connectivity index (χ3n) is 3.80. The summed E-state index contributed by atoms with van der Waals surface area (Å²) in [4.78, 5) is 37.2. The zero-order valence-electron chi connectivity index (χ0n) is 13.0. The Kier molecular flexibility index (Phi) is 4.43. The van der Waals surface area contributed by atoms with Gasteiger partial charge in [0.15, 0.2) is 0 Å². The molecule has 7 nitrogen and oxygen atoms in total. The standard InChI is InChI=1S/C17H16N2O5/c1-23-17(22)11-4-6-12(7-5-11)19-15(20)9-14(16(19)21)18-10-13-3-2-8-24-13/h2-8,14,18H,9-10H2,1H3/t14-/m1/s1. The quantitative estimate of drug-likeness (QED) is 0.661. The average molecular weight is 328 g/mol. The summed E-state index contributed by atoms with van der Waals surface area (Å²) in [6, 6.07) is 9.10. The van der Waals surface area contributed by atoms with Gasteiger partial charge in [-0.25, -0.2) is 9.69 Å². The maximum Gasteiger partial charge on any atom is 0.337 e. The van der Waals surface area contributed by atoms with Crippen LogP contribution >= 0.6 is 0 Å². The van der Waals surface area contributed by atoms with Crippen molar-refractivity contribution in [3.8, 4) is 0 Å². The van der Waals surface area contributed by atoms with Crippen LogP contribution in [0.25, 0.3) is 0 Å². The molecule has 1 fully saturated rings. The molecule has 7 heteroatoms. The fraction of sp³-hybridized carbons (Fsp3) is 0.235. The SMILES string of the molecule is COC(=O)c1ccc(N2C(=O)C[C@@H](NCc3ccco3)C2=O)cc1. The van der Waals surface area contributed by atoms with E-state index in [0.717, 1.165) is 4.90 Å². The van der Waals surface area contributed by atoms with E-state index in [2.05, 4.69) is 10.1 Å². The number of imide groups is 1. The smallest absolute Gasteiger partial charge is 0.337 e. The lowest BCUT2D eigenvalue weighted by Gasteiger charge is -2.15. The second kappa shape index (κ2) is 6.67. The van der Waals surface area contributed by atoms with E-state index in [1.165, 1.54) is 19.2 Å². The first-order valence-electron chi connectivity index (χ1n) is 7.41. The van der Waals surface area contributed by atoms with Crippen LogP contribution in [0.2, 0.25) is 0 Å². The van der Waals surface area contributed by atoms with E-state index in [1.54, 1.807) is 30.5 Å². The van der Waals surface area contributed by atoms with Crippen LogP contribution in [-0.4, -0.2) is 30.9 Å². The predicted octanol–water partition coefficient (Wildman–Crippen LogP) is 1.49. The molecule has 2 aromatic rings. The highest BCUT2D eigenvalue weighted by molar-refractivity contribution is 6.22. The van der Waals surface area contributed by atoms with Crippen molar-refractivity contribution < 1.29 is 23.5 Å². The van der Waals surface area contributed by atoms with Gasteiger partial charge in [-0.15, -0.1) is 0 Å². The molecule has 1 aromatic carbocycles. The van der Waals surface area contributed by atoms with E-state index in [-0.39, 0.29) is 18.2 Å². The predicted molar refractivity (Wildman–Crippen MR) is 84.2 cm³/mol. The van der Waals surface area contributed by atoms with Gasteiger partial charge in [0.2, 0.25) is 5.91 Å². The lowest BCUT2D eigenvalue weighted by molar-refractivity contribution is -0.121. The van der Waals surface area contributed by atoms with Crippen molar-refractivity contribution in [1.29, 1.82) is 0 Å². The van der Waals surface area contributed by atoms with Gasteiger partial charge in [-0.05, 0) is 36.4 Å². The van der Waals surface area contributed by atoms with Crippen molar-refractivity contribution in [3.63, 3.8) is 0 Å². The highest BCUT2D eigenvalue weighted by Gasteiger charge is 2.39. The Morgan fingerprint density at radius 2 is 2.04 bits per heavy atom. The van der Waals surface area contributed by atoms with Crippen molar-refractivity contribution in [2.24, 2.45) is 0 Å². The van der Waals surface area contributed by atoms with E-state index in [4.69, 9.17) is 4.42 Å². The van der Waals surface area contributed by atoms with E-state index < -0.39 is 12.0 Å². The number of esters is 1. The summed E-state index contributed by atoms with van der Waals surface area (Å²) in [5.41, 5.74) is 0.785. The molecule has 2 heterocycles. The van der Waals surface area contributed by atoms with E-state index in [0.29, 0.717) is 23.6 Å². The first-order chi connectivity index (χ1) is 11.6. The van der Waals surface area contributed by atoms with Crippen LogP contribution in [0.1, 0.15) is 22.5 Å². The molecule has 1 atom stereocenters. The second-order valence-corrected chi connectivity index (χ2v) is 5.32. The molecule has 124 valence electrons. The molecular weight excluding hydrogens is 312 g/mol. The van der Waals surface area contributed by atoms with Crippen molar-refractivity contribution in [2.45, 2.75) is 19.0 Å². The number of ether oxygens (including phenoxy) is 1. The Morgan fingerprint density at radius 1 is 1.29 bits per heavy atom. The number of hydrogen-bond donors (Lipinski definition) is 1. The van der Waals surface area contributed by atoms with Gasteiger partial charge in [0, 0.05) is 0 Å². The van der Waals surface area contributed by atoms with E-state index in [9.17, 15) is 14.4 Å². The number of methoxy groups -OCH3 is 1. The minimum atomic E-state index is -0.595. The summed E-state index contributed by atoms with van der Waals surface area (Å²) in [5.74, 6) is -0.394. The zero-order valence-corrected chi connectivity index (χ0v) is 13.0. The van der Waals surface area contributed by atoms with Crippen molar-refractivity contribution >= 4 is 23.5 Å². The van der Waals surface area contributed by atoms with Gasteiger partial charge in [-0.1, -0.05) is 0 Å². The van der Waals surface area contributed by atoms with Crippen LogP contribution in [-0.2, 0) is 20.9 Å². The number of amides is 2. The Hall–Kier alpha value is -2.93. The first kappa shape index (κ1) is 15.9. The van der Waals surface area contributed by atoms with Crippen LogP contribution in [0.4, 0.5) is 5.69 Å². The number of rotatable bonds is 5. The van der Waals surface area contributed by atoms with Crippen molar-refractivity contribution in [1.82, 2.24) is 5.32 Å². The summed E-state index contributed by atoms with van der Waals surface area (Å²) in [6.45, 7) is 0.367. The molecule has 0 bridgehead atoms. The molecule has 1 aromatic heterocycles. The number of furan rings is 1. The highest BCUT2D eigenvalue weighted by atomic mass is 16.5. The number of nitrogens with zero attached hydrogens (tertiary/aromatic N) is 1. The van der Waals surface area contributed by atoms with Gasteiger partial charge in [-0.2, -0.15) is 0 Å². The Balaban J connectivity index is 1.70. The monoisotopic (exact) mass is 328 g/mol. The molecule has 24 heavy (non-hydrogen) atoms. The maximum absolute atomic E-state index is 12.5. The van der Waals surface area contributed by atoms with Gasteiger partial charge >= 0.3 is 5.97 Å². The number of carbonyl (C=O) groups excluding carboxylic acids is 3. The molecule has 0 unspecified atom stereocenters. The molecule has 1 saturated heterocycles. The van der Waals surface area contributed by atoms with Crippen molar-refractivity contribution in [2.75, 3.05) is 12.0 Å². The molecule has 1 aliphatic heterocycles. The van der Waals surface area contributed by atoms with Gasteiger partial charge in [-0.3, -0.25) is 14.9 Å². The molecular formula is C17H16N2O5. The number of carbonyl (C=O) groups is 3. The molecule has 1 aliphatic rings. The number of hydrogen-bond acceptors (Lipinski definition) is 6. The molecule has 2 amide bonds. The Labute approximate surface area is 138 Å². The fourth-order valence-corrected chi connectivity index (χ4v) is 2.56. The molecule has 0 radical (unpaired) electrons. The fourth-order valence-electron chi connectivity index (χ4n) is 2.56. The third kappa shape index (κ3) is 3.07. The average Bonchev–Trinajstić information content (AvgIpc) is 3.20. The maximum atomic E-state index is 12.5. The summed E-state index contributed by atoms with van der Waals surface area (Å²) in [6.07, 6.45) is 1.63. The van der Waals surface area contributed by atoms with Crippen LogP contribution in [0.5, 0.6) is 0 Å². The molecule has 0 aliphatic carbocycles. The summed E-state index contributed by atoms with van der Waals surface area (Å²) < 4.78 is 9.82. The van der Waals surface area contributed by atoms with Crippen molar-refractivity contribution in [3.05, 3.63) is 54.0 Å². The first-order valence-corrected chi connectivity index (χ1v) is 7.41. The largest absolute Gasteiger partial charge is 0.468 e. The van der Waals surface area contributed by atoms with E-state index >= 15 is 0 Å². The second-order valence-electron chi connectivity index (χ2n) is 5.32. The lowest BCUT2D eigenvalue weighted by Crippen LogP contribution is -2.38. The van der Waals surface area contributed by atoms with E-state index in [1.807, 2.05) is 0 Å². The molecule has 0 spiro atoms. The topological polar surface area (TPSA) is 88.8 Å². The summed E-state index contributed by atoms with van der Waals surface area (Å²) in [7, 11) is 1.29. The normalized spacial score (nSPS) is 17.4. The van der Waals surface area contributed by atoms with Crippen LogP contribution < -0.4 is 10.2 Å². The number of benzene rings is 1. The van der Waals surface area contributed by atoms with Gasteiger partial charge in [0.05, 0.1) is 43.6 Å². The molecule has 0 saturated carbocycles. The van der Waals surface area contributed by atoms with Crippen LogP contribution in [0.3, 0.4) is 0 Å². The molecule has 3 rings (SSSR count). The minimum Gasteiger partial charge on any atom is -0.468 e. The van der Waals surface area contributed by atoms with Gasteiger partial charge in [0.1, 0.15) is 5.76 Å². The van der Waals surface area contributed by atoms with Gasteiger partial charge in [0.25, 0.3) is 5.91 Å². The minimum absolute atomic E-state index is 0.0816. The number of anilines is 1. The summed E-state index contributed by atoms with van der Waals surface area (Å²) >= 11 is 0. The summed E-state index contributed by atoms with van der Waals surface area (Å²) in [5, 5.41) is 3.02.